The van der Waals surface area contributed by atoms with Crippen molar-refractivity contribution in [3.05, 3.63) is 28.3 Å². The smallest absolute Gasteiger partial charge is 0.312 e. The number of phenolic OH excluding ortho intramolecular Hbond substituents is 1. The van der Waals surface area contributed by atoms with E-state index in [0.717, 1.165) is 22.5 Å². The van der Waals surface area contributed by atoms with Crippen molar-refractivity contribution < 1.29 is 18.4 Å². The summed E-state index contributed by atoms with van der Waals surface area (Å²) in [6.45, 7) is 0.290. The molecule has 8 nitrogen and oxygen atoms in total. The van der Waals surface area contributed by atoms with Crippen LogP contribution in [-0.4, -0.2) is 35.5 Å². The van der Waals surface area contributed by atoms with Gasteiger partial charge in [-0.3, -0.25) is 10.1 Å². The second-order valence-corrected chi connectivity index (χ2v) is 6.12. The molecule has 0 bridgehead atoms. The average Bonchev–Trinajstić information content (AvgIpc) is 2.76. The highest BCUT2D eigenvalue weighted by Gasteiger charge is 2.34. The van der Waals surface area contributed by atoms with Crippen molar-refractivity contribution in [2.24, 2.45) is 5.73 Å². The van der Waals surface area contributed by atoms with E-state index in [1.807, 2.05) is 0 Å². The third kappa shape index (κ3) is 2.39. The SMILES string of the molecule is NC1CCCN1S(=O)(=O)c1ccc(O)c([N+](=O)[O-])c1. The third-order valence-corrected chi connectivity index (χ3v) is 4.92. The summed E-state index contributed by atoms with van der Waals surface area (Å²) in [5.74, 6) is -0.574. The number of hydrogen-bond acceptors (Lipinski definition) is 6. The van der Waals surface area contributed by atoms with Crippen LogP contribution in [-0.2, 0) is 10.0 Å². The number of aromatic hydroxyl groups is 1. The maximum Gasteiger partial charge on any atom is 0.312 e. The van der Waals surface area contributed by atoms with E-state index in [2.05, 4.69) is 0 Å². The van der Waals surface area contributed by atoms with E-state index in [1.165, 1.54) is 0 Å². The van der Waals surface area contributed by atoms with Crippen molar-refractivity contribution in [2.45, 2.75) is 23.9 Å². The Hall–Kier alpha value is -1.71. The van der Waals surface area contributed by atoms with Crippen molar-refractivity contribution in [2.75, 3.05) is 6.54 Å². The summed E-state index contributed by atoms with van der Waals surface area (Å²) in [6, 6.07) is 2.96. The molecule has 1 fully saturated rings. The molecule has 0 radical (unpaired) electrons. The zero-order valence-electron chi connectivity index (χ0n) is 9.89. The fourth-order valence-corrected chi connectivity index (χ4v) is 3.61. The van der Waals surface area contributed by atoms with Gasteiger partial charge in [0.15, 0.2) is 5.75 Å². The van der Waals surface area contributed by atoms with Crippen molar-refractivity contribution in [1.29, 1.82) is 0 Å². The molecule has 0 amide bonds. The second-order valence-electron chi connectivity index (χ2n) is 4.23. The summed E-state index contributed by atoms with van der Waals surface area (Å²) in [5, 5.41) is 20.0. The molecule has 3 N–H and O–H groups in total. The van der Waals surface area contributed by atoms with E-state index >= 15 is 0 Å². The van der Waals surface area contributed by atoms with Gasteiger partial charge in [-0.15, -0.1) is 0 Å². The minimum Gasteiger partial charge on any atom is -0.502 e. The second kappa shape index (κ2) is 4.76. The molecule has 19 heavy (non-hydrogen) atoms. The fourth-order valence-electron chi connectivity index (χ4n) is 2.01. The standard InChI is InChI=1S/C10H13N3O5S/c11-10-2-1-5-12(10)19(17,18)7-3-4-9(14)8(6-7)13(15)16/h3-4,6,10,14H,1-2,5,11H2. The molecule has 0 spiro atoms. The summed E-state index contributed by atoms with van der Waals surface area (Å²) in [4.78, 5) is 9.62. The van der Waals surface area contributed by atoms with Crippen molar-refractivity contribution in [3.8, 4) is 5.75 Å². The Morgan fingerprint density at radius 3 is 2.68 bits per heavy atom. The number of nitrogens with two attached hydrogens (primary N) is 1. The van der Waals surface area contributed by atoms with Crippen molar-refractivity contribution in [3.63, 3.8) is 0 Å². The lowest BCUT2D eigenvalue weighted by Crippen LogP contribution is -2.40. The van der Waals surface area contributed by atoms with Crippen LogP contribution in [0.25, 0.3) is 0 Å². The number of benzene rings is 1. The maximum absolute atomic E-state index is 12.3. The largest absolute Gasteiger partial charge is 0.502 e. The van der Waals surface area contributed by atoms with E-state index < -0.39 is 32.5 Å². The lowest BCUT2D eigenvalue weighted by Gasteiger charge is -2.20. The van der Waals surface area contributed by atoms with Crippen LogP contribution in [0.3, 0.4) is 0 Å². The number of nitro groups is 1. The Balaban J connectivity index is 2.46. The van der Waals surface area contributed by atoms with Crippen LogP contribution >= 0.6 is 0 Å². The molecule has 104 valence electrons. The summed E-state index contributed by atoms with van der Waals surface area (Å²) in [7, 11) is -3.87. The Bertz CT molecular complexity index is 616. The molecule has 1 aromatic rings. The number of hydrogen-bond donors (Lipinski definition) is 2. The van der Waals surface area contributed by atoms with Crippen molar-refractivity contribution >= 4 is 15.7 Å². The topological polar surface area (TPSA) is 127 Å². The van der Waals surface area contributed by atoms with E-state index in [-0.39, 0.29) is 11.4 Å². The van der Waals surface area contributed by atoms with Crippen LogP contribution in [0.5, 0.6) is 5.75 Å². The summed E-state index contributed by atoms with van der Waals surface area (Å²) >= 11 is 0. The first-order valence-electron chi connectivity index (χ1n) is 5.59. The minimum atomic E-state index is -3.87. The maximum atomic E-state index is 12.3. The molecule has 2 rings (SSSR count). The van der Waals surface area contributed by atoms with Crippen LogP contribution in [0.4, 0.5) is 5.69 Å². The number of nitro benzene ring substituents is 1. The Morgan fingerprint density at radius 2 is 2.16 bits per heavy atom. The van der Waals surface area contributed by atoms with Gasteiger partial charge in [0.05, 0.1) is 16.0 Å². The van der Waals surface area contributed by atoms with Gasteiger partial charge in [0.1, 0.15) is 0 Å². The Labute approximate surface area is 109 Å². The predicted molar refractivity (Wildman–Crippen MR) is 65.9 cm³/mol. The van der Waals surface area contributed by atoms with Gasteiger partial charge in [0.25, 0.3) is 0 Å². The highest BCUT2D eigenvalue weighted by Crippen LogP contribution is 2.31. The van der Waals surface area contributed by atoms with Gasteiger partial charge < -0.3 is 10.8 Å². The molecule has 0 aliphatic carbocycles. The molecule has 1 heterocycles. The lowest BCUT2D eigenvalue weighted by molar-refractivity contribution is -0.386. The van der Waals surface area contributed by atoms with Gasteiger partial charge in [-0.2, -0.15) is 4.31 Å². The molecule has 0 aromatic heterocycles. The first kappa shape index (κ1) is 13.7. The molecule has 1 aromatic carbocycles. The lowest BCUT2D eigenvalue weighted by atomic mass is 10.3. The van der Waals surface area contributed by atoms with Gasteiger partial charge >= 0.3 is 5.69 Å². The van der Waals surface area contributed by atoms with Crippen LogP contribution < -0.4 is 5.73 Å². The normalized spacial score (nSPS) is 20.6. The monoisotopic (exact) mass is 287 g/mol. The number of phenols is 1. The molecule has 9 heteroatoms. The summed E-state index contributed by atoms with van der Waals surface area (Å²) in [5.41, 5.74) is 5.05. The number of nitrogens with zero attached hydrogens (tertiary/aromatic N) is 2. The van der Waals surface area contributed by atoms with E-state index in [1.54, 1.807) is 0 Å². The van der Waals surface area contributed by atoms with E-state index in [9.17, 15) is 23.6 Å². The van der Waals surface area contributed by atoms with E-state index in [0.29, 0.717) is 12.8 Å². The zero-order valence-corrected chi connectivity index (χ0v) is 10.7. The van der Waals surface area contributed by atoms with Gasteiger partial charge in [0, 0.05) is 12.6 Å². The Morgan fingerprint density at radius 1 is 1.47 bits per heavy atom. The molecule has 1 aliphatic rings. The van der Waals surface area contributed by atoms with Crippen LogP contribution in [0.2, 0.25) is 0 Å². The number of rotatable bonds is 3. The molecule has 1 unspecified atom stereocenters. The molecule has 0 saturated carbocycles. The van der Waals surface area contributed by atoms with Crippen LogP contribution in [0.1, 0.15) is 12.8 Å². The molecular weight excluding hydrogens is 274 g/mol. The Kier molecular flexibility index (Phi) is 3.43. The first-order chi connectivity index (χ1) is 8.84. The molecular formula is C10H13N3O5S. The zero-order chi connectivity index (χ0) is 14.2. The molecule has 1 aliphatic heterocycles. The van der Waals surface area contributed by atoms with Gasteiger partial charge in [-0.05, 0) is 25.0 Å². The summed E-state index contributed by atoms with van der Waals surface area (Å²) < 4.78 is 25.7. The summed E-state index contributed by atoms with van der Waals surface area (Å²) in [6.07, 6.45) is 0.595. The minimum absolute atomic E-state index is 0.241. The quantitative estimate of drug-likeness (QED) is 0.610. The van der Waals surface area contributed by atoms with Crippen LogP contribution in [0.15, 0.2) is 23.1 Å². The molecule has 1 atom stereocenters. The fraction of sp³-hybridized carbons (Fsp3) is 0.400. The number of sulfonamides is 1. The highest BCUT2D eigenvalue weighted by atomic mass is 32.2. The first-order valence-corrected chi connectivity index (χ1v) is 7.03. The molecule has 1 saturated heterocycles. The van der Waals surface area contributed by atoms with Gasteiger partial charge in [-0.1, -0.05) is 0 Å². The average molecular weight is 287 g/mol. The van der Waals surface area contributed by atoms with Crippen LogP contribution in [0, 0.1) is 10.1 Å². The van der Waals surface area contributed by atoms with Gasteiger partial charge in [0.2, 0.25) is 10.0 Å². The van der Waals surface area contributed by atoms with Gasteiger partial charge in [-0.25, -0.2) is 8.42 Å². The van der Waals surface area contributed by atoms with E-state index in [4.69, 9.17) is 5.73 Å². The third-order valence-electron chi connectivity index (χ3n) is 3.00. The van der Waals surface area contributed by atoms with Crippen molar-refractivity contribution in [1.82, 2.24) is 4.31 Å². The predicted octanol–water partition coefficient (Wildman–Crippen LogP) is 0.370. The highest BCUT2D eigenvalue weighted by molar-refractivity contribution is 7.89.